The number of hydrogen-bond donors (Lipinski definition) is 2. The highest BCUT2D eigenvalue weighted by Gasteiger charge is 2.08. The molecule has 0 bridgehead atoms. The van der Waals surface area contributed by atoms with Crippen LogP contribution in [0.25, 0.3) is 0 Å². The van der Waals surface area contributed by atoms with Gasteiger partial charge >= 0.3 is 0 Å². The molecule has 0 atom stereocenters. The molecule has 0 radical (unpaired) electrons. The van der Waals surface area contributed by atoms with Gasteiger partial charge in [0.1, 0.15) is 5.82 Å². The minimum Gasteiger partial charge on any atom is -0.377 e. The van der Waals surface area contributed by atoms with Gasteiger partial charge in [0.2, 0.25) is 5.91 Å². The molecule has 2 rings (SSSR count). The summed E-state index contributed by atoms with van der Waals surface area (Å²) in [5.74, 6) is -1.01. The monoisotopic (exact) mass is 262 g/mol. The van der Waals surface area contributed by atoms with Gasteiger partial charge in [0.05, 0.1) is 24.3 Å². The predicted octanol–water partition coefficient (Wildman–Crippen LogP) is 1.75. The first-order valence-electron chi connectivity index (χ1n) is 5.94. The topological polar surface area (TPSA) is 72.9 Å². The van der Waals surface area contributed by atoms with Crippen LogP contribution in [0.1, 0.15) is 23.0 Å². The van der Waals surface area contributed by atoms with Crippen LogP contribution in [-0.4, -0.2) is 15.5 Å². The molecule has 100 valence electrons. The van der Waals surface area contributed by atoms with Crippen molar-refractivity contribution in [3.8, 4) is 0 Å². The Morgan fingerprint density at radius 1 is 1.53 bits per heavy atom. The molecular formula is C13H15FN4O. The van der Waals surface area contributed by atoms with Crippen molar-refractivity contribution in [2.45, 2.75) is 20.0 Å². The van der Waals surface area contributed by atoms with Crippen LogP contribution in [0, 0.1) is 5.82 Å². The van der Waals surface area contributed by atoms with Gasteiger partial charge in [-0.1, -0.05) is 0 Å². The molecule has 19 heavy (non-hydrogen) atoms. The average Bonchev–Trinajstić information content (AvgIpc) is 2.85. The van der Waals surface area contributed by atoms with Crippen LogP contribution in [0.3, 0.4) is 0 Å². The quantitative estimate of drug-likeness (QED) is 0.862. The number of hydrogen-bond acceptors (Lipinski definition) is 3. The van der Waals surface area contributed by atoms with Gasteiger partial charge in [-0.05, 0) is 25.1 Å². The molecule has 1 aromatic carbocycles. The largest absolute Gasteiger partial charge is 0.377 e. The Bertz CT molecular complexity index is 594. The zero-order chi connectivity index (χ0) is 13.8. The van der Waals surface area contributed by atoms with Crippen LogP contribution < -0.4 is 11.1 Å². The van der Waals surface area contributed by atoms with Crippen LogP contribution in [0.4, 0.5) is 10.1 Å². The Morgan fingerprint density at radius 2 is 2.32 bits per heavy atom. The number of imidazole rings is 1. The number of amides is 1. The minimum atomic E-state index is -0.582. The van der Waals surface area contributed by atoms with E-state index in [-0.39, 0.29) is 11.3 Å². The van der Waals surface area contributed by atoms with E-state index in [2.05, 4.69) is 10.3 Å². The van der Waals surface area contributed by atoms with Crippen molar-refractivity contribution in [1.29, 1.82) is 0 Å². The molecule has 0 fully saturated rings. The van der Waals surface area contributed by atoms with Crippen LogP contribution in [-0.2, 0) is 13.1 Å². The van der Waals surface area contributed by atoms with Gasteiger partial charge in [0.15, 0.2) is 0 Å². The van der Waals surface area contributed by atoms with Crippen molar-refractivity contribution in [2.24, 2.45) is 5.73 Å². The molecule has 1 heterocycles. The van der Waals surface area contributed by atoms with Crippen molar-refractivity contribution in [1.82, 2.24) is 9.55 Å². The van der Waals surface area contributed by atoms with Gasteiger partial charge in [0.25, 0.3) is 0 Å². The summed E-state index contributed by atoms with van der Waals surface area (Å²) in [6.45, 7) is 3.22. The number of aromatic nitrogens is 2. The molecule has 2 aromatic rings. The molecule has 0 saturated heterocycles. The third-order valence-electron chi connectivity index (χ3n) is 2.85. The summed E-state index contributed by atoms with van der Waals surface area (Å²) in [6, 6.07) is 3.99. The third-order valence-corrected chi connectivity index (χ3v) is 2.85. The standard InChI is InChI=1S/C13H15FN4O/c1-2-18-8-16-6-10(18)7-17-12-5-9(13(15)19)3-4-11(12)14/h3-6,8,17H,2,7H2,1H3,(H2,15,19). The van der Waals surface area contributed by atoms with E-state index in [1.807, 2.05) is 11.5 Å². The lowest BCUT2D eigenvalue weighted by atomic mass is 10.2. The molecule has 5 nitrogen and oxygen atoms in total. The minimum absolute atomic E-state index is 0.250. The number of nitrogens with one attached hydrogen (secondary N) is 1. The first-order chi connectivity index (χ1) is 9.11. The van der Waals surface area contributed by atoms with Crippen molar-refractivity contribution in [3.63, 3.8) is 0 Å². The molecule has 1 amide bonds. The summed E-state index contributed by atoms with van der Waals surface area (Å²) in [5.41, 5.74) is 6.62. The molecule has 0 aliphatic rings. The summed E-state index contributed by atoms with van der Waals surface area (Å²) in [7, 11) is 0. The molecular weight excluding hydrogens is 247 g/mol. The summed E-state index contributed by atoms with van der Waals surface area (Å²) in [5, 5.41) is 2.94. The Hall–Kier alpha value is -2.37. The van der Waals surface area contributed by atoms with Crippen LogP contribution >= 0.6 is 0 Å². The van der Waals surface area contributed by atoms with Crippen LogP contribution in [0.5, 0.6) is 0 Å². The van der Waals surface area contributed by atoms with Gasteiger partial charge in [-0.2, -0.15) is 0 Å². The number of nitrogens with zero attached hydrogens (tertiary/aromatic N) is 2. The number of nitrogens with two attached hydrogens (primary N) is 1. The average molecular weight is 262 g/mol. The van der Waals surface area contributed by atoms with E-state index in [9.17, 15) is 9.18 Å². The summed E-state index contributed by atoms with van der Waals surface area (Å²) < 4.78 is 15.6. The number of carbonyl (C=O) groups is 1. The second-order valence-corrected chi connectivity index (χ2v) is 4.08. The van der Waals surface area contributed by atoms with E-state index in [1.54, 1.807) is 12.5 Å². The maximum absolute atomic E-state index is 13.6. The van der Waals surface area contributed by atoms with Crippen molar-refractivity contribution in [3.05, 3.63) is 47.8 Å². The summed E-state index contributed by atoms with van der Waals surface area (Å²) in [6.07, 6.45) is 3.43. The van der Waals surface area contributed by atoms with E-state index in [4.69, 9.17) is 5.73 Å². The smallest absolute Gasteiger partial charge is 0.248 e. The lowest BCUT2D eigenvalue weighted by Gasteiger charge is -2.10. The fraction of sp³-hybridized carbons (Fsp3) is 0.231. The number of anilines is 1. The zero-order valence-electron chi connectivity index (χ0n) is 10.6. The summed E-state index contributed by atoms with van der Waals surface area (Å²) >= 11 is 0. The van der Waals surface area contributed by atoms with Gasteiger partial charge in [-0.15, -0.1) is 0 Å². The Labute approximate surface area is 110 Å². The lowest BCUT2D eigenvalue weighted by molar-refractivity contribution is 0.100. The first-order valence-corrected chi connectivity index (χ1v) is 5.94. The van der Waals surface area contributed by atoms with E-state index in [1.165, 1.54) is 18.2 Å². The zero-order valence-corrected chi connectivity index (χ0v) is 10.6. The molecule has 0 aliphatic heterocycles. The highest BCUT2D eigenvalue weighted by atomic mass is 19.1. The van der Waals surface area contributed by atoms with Crippen molar-refractivity contribution >= 4 is 11.6 Å². The van der Waals surface area contributed by atoms with Crippen LogP contribution in [0.15, 0.2) is 30.7 Å². The number of halogens is 1. The Kier molecular flexibility index (Phi) is 3.79. The number of carbonyl (C=O) groups excluding carboxylic acids is 1. The Morgan fingerprint density at radius 3 is 3.00 bits per heavy atom. The molecule has 0 unspecified atom stereocenters. The highest BCUT2D eigenvalue weighted by molar-refractivity contribution is 5.93. The molecule has 0 saturated carbocycles. The Balaban J connectivity index is 2.15. The number of primary amides is 1. The normalized spacial score (nSPS) is 10.4. The molecule has 0 spiro atoms. The van der Waals surface area contributed by atoms with Crippen molar-refractivity contribution < 1.29 is 9.18 Å². The second-order valence-electron chi connectivity index (χ2n) is 4.08. The fourth-order valence-electron chi connectivity index (χ4n) is 1.78. The summed E-state index contributed by atoms with van der Waals surface area (Å²) in [4.78, 5) is 15.1. The SMILES string of the molecule is CCn1cncc1CNc1cc(C(N)=O)ccc1F. The van der Waals surface area contributed by atoms with E-state index in [0.29, 0.717) is 6.54 Å². The first kappa shape index (κ1) is 13.1. The van der Waals surface area contributed by atoms with E-state index < -0.39 is 11.7 Å². The van der Waals surface area contributed by atoms with Crippen LogP contribution in [0.2, 0.25) is 0 Å². The third kappa shape index (κ3) is 2.90. The number of benzene rings is 1. The van der Waals surface area contributed by atoms with E-state index >= 15 is 0 Å². The number of aryl methyl sites for hydroxylation is 1. The maximum Gasteiger partial charge on any atom is 0.248 e. The lowest BCUT2D eigenvalue weighted by Crippen LogP contribution is -2.12. The van der Waals surface area contributed by atoms with Gasteiger partial charge in [-0.25, -0.2) is 9.37 Å². The highest BCUT2D eigenvalue weighted by Crippen LogP contribution is 2.17. The molecule has 6 heteroatoms. The van der Waals surface area contributed by atoms with Gasteiger partial charge in [0, 0.05) is 18.3 Å². The second kappa shape index (κ2) is 5.51. The molecule has 1 aromatic heterocycles. The van der Waals surface area contributed by atoms with E-state index in [0.717, 1.165) is 12.2 Å². The predicted molar refractivity (Wildman–Crippen MR) is 70.1 cm³/mol. The fourth-order valence-corrected chi connectivity index (χ4v) is 1.78. The number of rotatable bonds is 5. The molecule has 0 aliphatic carbocycles. The molecule has 3 N–H and O–H groups in total. The van der Waals surface area contributed by atoms with Gasteiger partial charge in [-0.3, -0.25) is 4.79 Å². The van der Waals surface area contributed by atoms with Gasteiger partial charge < -0.3 is 15.6 Å². The maximum atomic E-state index is 13.6. The van der Waals surface area contributed by atoms with Crippen molar-refractivity contribution in [2.75, 3.05) is 5.32 Å².